The zero-order chi connectivity index (χ0) is 10.6. The highest BCUT2D eigenvalue weighted by Gasteiger charge is 2.07. The van der Waals surface area contributed by atoms with E-state index in [1.54, 1.807) is 0 Å². The zero-order valence-corrected chi connectivity index (χ0v) is 7.84. The standard InChI is InChI=1S/C8H8ClF2NO2/c9-6-3-5(14-8(10)11)4-12-7(6)1-2-13/h3-4,8,13H,1-2H2. The van der Waals surface area contributed by atoms with Crippen LogP contribution in [0.15, 0.2) is 12.3 Å². The van der Waals surface area contributed by atoms with Gasteiger partial charge >= 0.3 is 6.61 Å². The fourth-order valence-electron chi connectivity index (χ4n) is 0.906. The van der Waals surface area contributed by atoms with Crippen LogP contribution in [0.2, 0.25) is 5.02 Å². The second-order valence-corrected chi connectivity index (χ2v) is 2.86. The monoisotopic (exact) mass is 223 g/mol. The van der Waals surface area contributed by atoms with Crippen molar-refractivity contribution in [3.63, 3.8) is 0 Å². The lowest BCUT2D eigenvalue weighted by Crippen LogP contribution is -2.03. The number of pyridine rings is 1. The van der Waals surface area contributed by atoms with Crippen LogP contribution in [0.5, 0.6) is 5.75 Å². The van der Waals surface area contributed by atoms with E-state index in [2.05, 4.69) is 9.72 Å². The lowest BCUT2D eigenvalue weighted by molar-refractivity contribution is -0.0500. The van der Waals surface area contributed by atoms with E-state index < -0.39 is 6.61 Å². The van der Waals surface area contributed by atoms with Crippen LogP contribution in [0.3, 0.4) is 0 Å². The number of halogens is 3. The fourth-order valence-corrected chi connectivity index (χ4v) is 1.16. The van der Waals surface area contributed by atoms with E-state index in [0.717, 1.165) is 6.20 Å². The maximum Gasteiger partial charge on any atom is 0.387 e. The maximum atomic E-state index is 11.8. The van der Waals surface area contributed by atoms with Gasteiger partial charge in [0, 0.05) is 19.1 Å². The van der Waals surface area contributed by atoms with Gasteiger partial charge in [-0.3, -0.25) is 4.98 Å². The van der Waals surface area contributed by atoms with Crippen LogP contribution in [0, 0.1) is 0 Å². The number of alkyl halides is 2. The van der Waals surface area contributed by atoms with Gasteiger partial charge in [-0.2, -0.15) is 8.78 Å². The fraction of sp³-hybridized carbons (Fsp3) is 0.375. The summed E-state index contributed by atoms with van der Waals surface area (Å²) in [7, 11) is 0. The van der Waals surface area contributed by atoms with Gasteiger partial charge in [-0.1, -0.05) is 11.6 Å². The minimum atomic E-state index is -2.89. The number of hydrogen-bond donors (Lipinski definition) is 1. The van der Waals surface area contributed by atoms with Gasteiger partial charge < -0.3 is 9.84 Å². The predicted octanol–water partition coefficient (Wildman–Crippen LogP) is 1.87. The van der Waals surface area contributed by atoms with E-state index in [1.807, 2.05) is 0 Å². The summed E-state index contributed by atoms with van der Waals surface area (Å²) >= 11 is 5.69. The van der Waals surface area contributed by atoms with E-state index in [4.69, 9.17) is 16.7 Å². The van der Waals surface area contributed by atoms with E-state index in [-0.39, 0.29) is 23.8 Å². The molecule has 1 aromatic heterocycles. The second kappa shape index (κ2) is 5.07. The average Bonchev–Trinajstić information content (AvgIpc) is 2.09. The molecule has 3 nitrogen and oxygen atoms in total. The number of aromatic nitrogens is 1. The van der Waals surface area contributed by atoms with Crippen LogP contribution < -0.4 is 4.74 Å². The summed E-state index contributed by atoms with van der Waals surface area (Å²) in [5.41, 5.74) is 0.454. The minimum absolute atomic E-state index is 0.0910. The Hall–Kier alpha value is -0.940. The molecule has 78 valence electrons. The van der Waals surface area contributed by atoms with E-state index in [0.29, 0.717) is 5.69 Å². The van der Waals surface area contributed by atoms with Crippen molar-refractivity contribution in [2.24, 2.45) is 0 Å². The third kappa shape index (κ3) is 3.08. The normalized spacial score (nSPS) is 10.6. The zero-order valence-electron chi connectivity index (χ0n) is 7.08. The van der Waals surface area contributed by atoms with Crippen LogP contribution in [-0.4, -0.2) is 23.3 Å². The lowest BCUT2D eigenvalue weighted by Gasteiger charge is -2.06. The summed E-state index contributed by atoms with van der Waals surface area (Å²) in [6.45, 7) is -2.99. The first-order valence-electron chi connectivity index (χ1n) is 3.83. The number of nitrogens with zero attached hydrogens (tertiary/aromatic N) is 1. The summed E-state index contributed by atoms with van der Waals surface area (Å²) in [5, 5.41) is 8.81. The van der Waals surface area contributed by atoms with Gasteiger partial charge in [0.15, 0.2) is 0 Å². The van der Waals surface area contributed by atoms with Gasteiger partial charge in [-0.15, -0.1) is 0 Å². The maximum absolute atomic E-state index is 11.8. The molecule has 0 radical (unpaired) electrons. The molecule has 0 aliphatic rings. The summed E-state index contributed by atoms with van der Waals surface area (Å²) in [6, 6.07) is 1.24. The van der Waals surface area contributed by atoms with Gasteiger partial charge in [-0.05, 0) is 0 Å². The van der Waals surface area contributed by atoms with E-state index >= 15 is 0 Å². The molecular formula is C8H8ClF2NO2. The summed E-state index contributed by atoms with van der Waals surface area (Å²) < 4.78 is 27.6. The van der Waals surface area contributed by atoms with Crippen molar-refractivity contribution in [3.8, 4) is 5.75 Å². The van der Waals surface area contributed by atoms with Gasteiger partial charge in [-0.25, -0.2) is 0 Å². The smallest absolute Gasteiger partial charge is 0.387 e. The van der Waals surface area contributed by atoms with Crippen LogP contribution in [0.4, 0.5) is 8.78 Å². The lowest BCUT2D eigenvalue weighted by atomic mass is 10.3. The van der Waals surface area contributed by atoms with Crippen molar-refractivity contribution in [2.75, 3.05) is 6.61 Å². The van der Waals surface area contributed by atoms with Gasteiger partial charge in [0.25, 0.3) is 0 Å². The molecular weight excluding hydrogens is 216 g/mol. The van der Waals surface area contributed by atoms with Crippen molar-refractivity contribution in [1.29, 1.82) is 0 Å². The van der Waals surface area contributed by atoms with Crippen LogP contribution >= 0.6 is 11.6 Å². The molecule has 6 heteroatoms. The largest absolute Gasteiger partial charge is 0.433 e. The molecule has 0 fully saturated rings. The van der Waals surface area contributed by atoms with Gasteiger partial charge in [0.2, 0.25) is 0 Å². The molecule has 0 amide bonds. The summed E-state index contributed by atoms with van der Waals surface area (Å²) in [5.74, 6) is -0.0910. The van der Waals surface area contributed by atoms with Crippen molar-refractivity contribution in [2.45, 2.75) is 13.0 Å². The molecule has 0 saturated heterocycles. The van der Waals surface area contributed by atoms with E-state index in [9.17, 15) is 8.78 Å². The Labute approximate surface area is 84.3 Å². The molecule has 14 heavy (non-hydrogen) atoms. The van der Waals surface area contributed by atoms with Gasteiger partial charge in [0.05, 0.1) is 16.9 Å². The molecule has 1 N–H and O–H groups in total. The topological polar surface area (TPSA) is 42.4 Å². The van der Waals surface area contributed by atoms with Crippen molar-refractivity contribution in [3.05, 3.63) is 23.0 Å². The highest BCUT2D eigenvalue weighted by Crippen LogP contribution is 2.21. The molecule has 1 rings (SSSR count). The highest BCUT2D eigenvalue weighted by atomic mass is 35.5. The molecule has 0 aliphatic heterocycles. The molecule has 0 atom stereocenters. The quantitative estimate of drug-likeness (QED) is 0.847. The highest BCUT2D eigenvalue weighted by molar-refractivity contribution is 6.31. The Balaban J connectivity index is 2.78. The third-order valence-electron chi connectivity index (χ3n) is 1.47. The molecule has 0 unspecified atom stereocenters. The number of aliphatic hydroxyl groups excluding tert-OH is 1. The number of hydrogen-bond acceptors (Lipinski definition) is 3. The molecule has 0 aromatic carbocycles. The SMILES string of the molecule is OCCc1ncc(OC(F)F)cc1Cl. The molecule has 0 spiro atoms. The van der Waals surface area contributed by atoms with E-state index in [1.165, 1.54) is 6.07 Å². The third-order valence-corrected chi connectivity index (χ3v) is 1.79. The van der Waals surface area contributed by atoms with Crippen LogP contribution in [0.1, 0.15) is 5.69 Å². The Morgan fingerprint density at radius 3 is 2.79 bits per heavy atom. The Bertz CT molecular complexity index is 309. The average molecular weight is 224 g/mol. The van der Waals surface area contributed by atoms with Crippen molar-refractivity contribution < 1.29 is 18.6 Å². The molecule has 1 aromatic rings. The second-order valence-electron chi connectivity index (χ2n) is 2.45. The van der Waals surface area contributed by atoms with Crippen molar-refractivity contribution in [1.82, 2.24) is 4.98 Å². The summed E-state index contributed by atoms with van der Waals surface area (Å²) in [6.07, 6.45) is 1.43. The summed E-state index contributed by atoms with van der Waals surface area (Å²) in [4.78, 5) is 3.77. The predicted molar refractivity (Wildman–Crippen MR) is 46.7 cm³/mol. The first-order chi connectivity index (χ1) is 6.63. The number of aliphatic hydroxyl groups is 1. The Morgan fingerprint density at radius 1 is 1.57 bits per heavy atom. The molecule has 0 aliphatic carbocycles. The molecule has 1 heterocycles. The molecule has 0 bridgehead atoms. The minimum Gasteiger partial charge on any atom is -0.433 e. The van der Waals surface area contributed by atoms with Crippen LogP contribution in [0.25, 0.3) is 0 Å². The Kier molecular flexibility index (Phi) is 4.03. The Morgan fingerprint density at radius 2 is 2.29 bits per heavy atom. The van der Waals surface area contributed by atoms with Crippen LogP contribution in [-0.2, 0) is 6.42 Å². The first-order valence-corrected chi connectivity index (χ1v) is 4.21. The number of ether oxygens (including phenoxy) is 1. The first kappa shape index (κ1) is 11.1. The van der Waals surface area contributed by atoms with Crippen molar-refractivity contribution >= 4 is 11.6 Å². The van der Waals surface area contributed by atoms with Gasteiger partial charge in [0.1, 0.15) is 5.75 Å². The number of rotatable bonds is 4. The molecule has 0 saturated carbocycles.